The van der Waals surface area contributed by atoms with E-state index in [1.165, 1.54) is 0 Å². The van der Waals surface area contributed by atoms with Gasteiger partial charge < -0.3 is 12.9 Å². The molecule has 0 unspecified atom stereocenters. The van der Waals surface area contributed by atoms with Crippen LogP contribution >= 0.6 is 11.6 Å². The molecule has 0 aliphatic carbocycles. The Morgan fingerprint density at radius 1 is 1.07 bits per heavy atom. The second-order valence-corrected chi connectivity index (χ2v) is 3.20. The van der Waals surface area contributed by atoms with E-state index in [0.29, 0.717) is 6.08 Å². The number of hydrogen-bond acceptors (Lipinski definition) is 0. The minimum absolute atomic E-state index is 0.185. The number of halogens is 6. The van der Waals surface area contributed by atoms with Crippen molar-refractivity contribution in [3.8, 4) is 0 Å². The lowest BCUT2D eigenvalue weighted by Crippen LogP contribution is -2.09. The minimum atomic E-state index is -5.21. The van der Waals surface area contributed by atoms with Crippen molar-refractivity contribution >= 4 is 24.7 Å². The molecule has 15 heavy (non-hydrogen) atoms. The van der Waals surface area contributed by atoms with Gasteiger partial charge in [0.1, 0.15) is 11.6 Å². The van der Waals surface area contributed by atoms with Gasteiger partial charge in [-0.1, -0.05) is 17.7 Å². The molecule has 1 aromatic carbocycles. The van der Waals surface area contributed by atoms with Gasteiger partial charge in [0.25, 0.3) is 0 Å². The van der Waals surface area contributed by atoms with Crippen LogP contribution < -0.4 is 0 Å². The Hall–Kier alpha value is -1.04. The van der Waals surface area contributed by atoms with Crippen molar-refractivity contribution in [2.75, 3.05) is 0 Å². The Labute approximate surface area is 87.4 Å². The fraction of sp³-hybridized carbons (Fsp3) is 0. The molecule has 0 amide bonds. The summed E-state index contributed by atoms with van der Waals surface area (Å²) in [5.41, 5.74) is -0.751. The molecule has 0 heterocycles. The van der Waals surface area contributed by atoms with Crippen LogP contribution in [0.1, 0.15) is 5.56 Å². The molecule has 0 N–H and O–H groups in total. The molecule has 0 nitrogen and oxygen atoms in total. The first-order valence-corrected chi connectivity index (χ1v) is 4.21. The summed E-state index contributed by atoms with van der Waals surface area (Å²) in [6.45, 7) is -5.21. The smallest absolute Gasteiger partial charge is 0.445 e. The van der Waals surface area contributed by atoms with Crippen molar-refractivity contribution in [2.24, 2.45) is 0 Å². The quantitative estimate of drug-likeness (QED) is 0.542. The number of hydrogen-bond donors (Lipinski definition) is 0. The highest BCUT2D eigenvalue weighted by Gasteiger charge is 2.18. The molecular weight excluding hydrogens is 237 g/mol. The molecule has 0 aliphatic heterocycles. The summed E-state index contributed by atoms with van der Waals surface area (Å²) in [5.74, 6) is -2.44. The summed E-state index contributed by atoms with van der Waals surface area (Å²) in [7, 11) is 0. The molecule has 0 aliphatic rings. The Kier molecular flexibility index (Phi) is 3.39. The van der Waals surface area contributed by atoms with Crippen LogP contribution in [0.4, 0.5) is 21.7 Å². The van der Waals surface area contributed by atoms with E-state index in [-0.39, 0.29) is 11.0 Å². The fourth-order valence-corrected chi connectivity index (χ4v) is 1.11. The first-order chi connectivity index (χ1) is 6.79. The standard InChI is InChI=1S/C8H4BClF5/c10-5-3-7(11)6(8(12)4-5)1-2-9(13,14)15/h1-4H/q-1/b2-1+. The van der Waals surface area contributed by atoms with Gasteiger partial charge in [0.15, 0.2) is 0 Å². The van der Waals surface area contributed by atoms with E-state index in [1.807, 2.05) is 0 Å². The van der Waals surface area contributed by atoms with Gasteiger partial charge in [0.05, 0.1) is 0 Å². The molecule has 1 rings (SSSR count). The summed E-state index contributed by atoms with van der Waals surface area (Å²) in [6, 6.07) is 1.49. The second-order valence-electron chi connectivity index (χ2n) is 2.77. The lowest BCUT2D eigenvalue weighted by Gasteiger charge is -2.07. The molecule has 0 saturated carbocycles. The van der Waals surface area contributed by atoms with Crippen LogP contribution in [0.3, 0.4) is 0 Å². The van der Waals surface area contributed by atoms with Gasteiger partial charge in [-0.25, -0.2) is 8.78 Å². The van der Waals surface area contributed by atoms with E-state index in [2.05, 4.69) is 0 Å². The average Bonchev–Trinajstić information content (AvgIpc) is 1.99. The largest absolute Gasteiger partial charge is 0.502 e. The molecule has 0 aromatic heterocycles. The van der Waals surface area contributed by atoms with E-state index in [4.69, 9.17) is 11.6 Å². The van der Waals surface area contributed by atoms with Crippen LogP contribution in [0.25, 0.3) is 6.08 Å². The highest BCUT2D eigenvalue weighted by Crippen LogP contribution is 2.21. The van der Waals surface area contributed by atoms with Crippen LogP contribution in [-0.2, 0) is 0 Å². The predicted molar refractivity (Wildman–Crippen MR) is 49.5 cm³/mol. The summed E-state index contributed by atoms with van der Waals surface area (Å²) in [5, 5.41) is -0.209. The lowest BCUT2D eigenvalue weighted by atomic mass is 9.90. The van der Waals surface area contributed by atoms with E-state index in [1.54, 1.807) is 0 Å². The Bertz CT molecular complexity index is 376. The molecule has 0 bridgehead atoms. The Morgan fingerprint density at radius 3 is 1.93 bits per heavy atom. The van der Waals surface area contributed by atoms with Crippen LogP contribution in [0.2, 0.25) is 5.02 Å². The highest BCUT2D eigenvalue weighted by molar-refractivity contribution is 6.64. The highest BCUT2D eigenvalue weighted by atomic mass is 35.5. The van der Waals surface area contributed by atoms with Crippen molar-refractivity contribution < 1.29 is 21.7 Å². The molecule has 1 aromatic rings. The van der Waals surface area contributed by atoms with Gasteiger partial charge in [-0.3, -0.25) is 0 Å². The first kappa shape index (κ1) is 12.0. The van der Waals surface area contributed by atoms with Crippen molar-refractivity contribution in [1.29, 1.82) is 0 Å². The van der Waals surface area contributed by atoms with Gasteiger partial charge in [-0.05, 0) is 12.1 Å². The van der Waals surface area contributed by atoms with Crippen LogP contribution in [-0.4, -0.2) is 6.98 Å². The van der Waals surface area contributed by atoms with Crippen LogP contribution in [0.15, 0.2) is 18.1 Å². The molecule has 0 fully saturated rings. The number of rotatable bonds is 2. The maximum atomic E-state index is 13.0. The van der Waals surface area contributed by atoms with Crippen molar-refractivity contribution in [1.82, 2.24) is 0 Å². The zero-order valence-corrected chi connectivity index (χ0v) is 7.91. The van der Waals surface area contributed by atoms with E-state index in [9.17, 15) is 21.7 Å². The average molecular weight is 241 g/mol. The van der Waals surface area contributed by atoms with Gasteiger partial charge in [0.2, 0.25) is 0 Å². The van der Waals surface area contributed by atoms with Crippen LogP contribution in [0.5, 0.6) is 0 Å². The molecule has 0 spiro atoms. The second kappa shape index (κ2) is 4.22. The maximum absolute atomic E-state index is 13.0. The van der Waals surface area contributed by atoms with Crippen molar-refractivity contribution in [2.45, 2.75) is 0 Å². The van der Waals surface area contributed by atoms with E-state index < -0.39 is 24.2 Å². The Balaban J connectivity index is 3.11. The third-order valence-electron chi connectivity index (χ3n) is 1.52. The molecular formula is C8H4BClF5-. The zero-order valence-electron chi connectivity index (χ0n) is 7.15. The predicted octanol–water partition coefficient (Wildman–Crippen LogP) is 4.02. The minimum Gasteiger partial charge on any atom is -0.445 e. The third kappa shape index (κ3) is 3.55. The van der Waals surface area contributed by atoms with Crippen molar-refractivity contribution in [3.05, 3.63) is 40.3 Å². The monoisotopic (exact) mass is 241 g/mol. The zero-order chi connectivity index (χ0) is 11.6. The van der Waals surface area contributed by atoms with E-state index in [0.717, 1.165) is 12.1 Å². The fourth-order valence-electron chi connectivity index (χ4n) is 0.918. The maximum Gasteiger partial charge on any atom is 0.502 e. The summed E-state index contributed by atoms with van der Waals surface area (Å²) in [6.07, 6.45) is 0.348. The number of benzene rings is 1. The molecule has 7 heteroatoms. The van der Waals surface area contributed by atoms with E-state index >= 15 is 0 Å². The molecule has 0 radical (unpaired) electrons. The van der Waals surface area contributed by atoms with Gasteiger partial charge in [-0.2, -0.15) is 0 Å². The molecule has 82 valence electrons. The lowest BCUT2D eigenvalue weighted by molar-refractivity contribution is 0.499. The molecule has 0 saturated heterocycles. The van der Waals surface area contributed by atoms with Crippen LogP contribution in [0, 0.1) is 11.6 Å². The summed E-state index contributed by atoms with van der Waals surface area (Å²) < 4.78 is 61.3. The summed E-state index contributed by atoms with van der Waals surface area (Å²) >= 11 is 5.29. The first-order valence-electron chi connectivity index (χ1n) is 3.83. The Morgan fingerprint density at radius 2 is 1.53 bits per heavy atom. The van der Waals surface area contributed by atoms with Gasteiger partial charge in [0, 0.05) is 10.6 Å². The van der Waals surface area contributed by atoms with Gasteiger partial charge in [-0.15, -0.1) is 5.98 Å². The molecule has 0 atom stereocenters. The topological polar surface area (TPSA) is 0 Å². The van der Waals surface area contributed by atoms with Crippen molar-refractivity contribution in [3.63, 3.8) is 0 Å². The SMILES string of the molecule is Fc1cc(Cl)cc(F)c1/C=C/[B-](F)(F)F. The third-order valence-corrected chi connectivity index (χ3v) is 1.74. The summed E-state index contributed by atoms with van der Waals surface area (Å²) in [4.78, 5) is 0. The normalized spacial score (nSPS) is 12.4. The van der Waals surface area contributed by atoms with Gasteiger partial charge >= 0.3 is 6.98 Å².